The number of nitrogens with zero attached hydrogens (tertiary/aromatic N) is 1. The van der Waals surface area contributed by atoms with Crippen LogP contribution in [-0.2, 0) is 16.6 Å². The van der Waals surface area contributed by atoms with Crippen LogP contribution < -0.4 is 5.73 Å². The van der Waals surface area contributed by atoms with Crippen molar-refractivity contribution >= 4 is 15.7 Å². The lowest BCUT2D eigenvalue weighted by atomic mass is 10.2. The fraction of sp³-hybridized carbons (Fsp3) is 0.143. The molecule has 0 bridgehead atoms. The Labute approximate surface area is 121 Å². The highest BCUT2D eigenvalue weighted by atomic mass is 32.2. The Bertz CT molecular complexity index is 763. The first-order chi connectivity index (χ1) is 9.82. The van der Waals surface area contributed by atoms with Gasteiger partial charge in [0, 0.05) is 24.8 Å². The summed E-state index contributed by atoms with van der Waals surface area (Å²) in [5, 5.41) is 0. The van der Waals surface area contributed by atoms with Gasteiger partial charge in [0.25, 0.3) is 0 Å². The van der Waals surface area contributed by atoms with Gasteiger partial charge in [-0.25, -0.2) is 17.2 Å². The van der Waals surface area contributed by atoms with Gasteiger partial charge in [-0.2, -0.15) is 4.31 Å². The Balaban J connectivity index is 2.33. The molecule has 0 fully saturated rings. The molecule has 0 radical (unpaired) electrons. The van der Waals surface area contributed by atoms with Crippen molar-refractivity contribution in [3.63, 3.8) is 0 Å². The second-order valence-electron chi connectivity index (χ2n) is 4.54. The Hall–Kier alpha value is -1.99. The van der Waals surface area contributed by atoms with E-state index in [-0.39, 0.29) is 17.8 Å². The molecule has 0 atom stereocenters. The first kappa shape index (κ1) is 15.4. The smallest absolute Gasteiger partial charge is 0.246 e. The van der Waals surface area contributed by atoms with Gasteiger partial charge in [-0.3, -0.25) is 0 Å². The predicted octanol–water partition coefficient (Wildman–Crippen LogP) is 2.37. The second-order valence-corrected chi connectivity index (χ2v) is 6.56. The summed E-state index contributed by atoms with van der Waals surface area (Å²) < 4.78 is 52.8. The molecular formula is C14H14F2N2O2S. The van der Waals surface area contributed by atoms with E-state index in [0.717, 1.165) is 16.4 Å². The lowest BCUT2D eigenvalue weighted by Gasteiger charge is -2.18. The van der Waals surface area contributed by atoms with Gasteiger partial charge in [-0.15, -0.1) is 0 Å². The minimum Gasteiger partial charge on any atom is -0.399 e. The summed E-state index contributed by atoms with van der Waals surface area (Å²) >= 11 is 0. The highest BCUT2D eigenvalue weighted by Crippen LogP contribution is 2.22. The zero-order valence-electron chi connectivity index (χ0n) is 11.3. The van der Waals surface area contributed by atoms with Crippen LogP contribution in [0.5, 0.6) is 0 Å². The normalized spacial score (nSPS) is 11.8. The summed E-state index contributed by atoms with van der Waals surface area (Å²) in [6.07, 6.45) is 0. The summed E-state index contributed by atoms with van der Waals surface area (Å²) in [4.78, 5) is -0.490. The number of sulfonamides is 1. The fourth-order valence-electron chi connectivity index (χ4n) is 1.85. The molecule has 2 N–H and O–H groups in total. The minimum atomic E-state index is -4.07. The van der Waals surface area contributed by atoms with Crippen molar-refractivity contribution in [2.24, 2.45) is 0 Å². The Morgan fingerprint density at radius 2 is 1.76 bits per heavy atom. The maximum absolute atomic E-state index is 13.8. The van der Waals surface area contributed by atoms with Crippen LogP contribution >= 0.6 is 0 Å². The van der Waals surface area contributed by atoms with Crippen LogP contribution in [0.25, 0.3) is 0 Å². The number of benzene rings is 2. The van der Waals surface area contributed by atoms with Gasteiger partial charge in [0.05, 0.1) is 0 Å². The molecule has 112 valence electrons. The number of hydrogen-bond donors (Lipinski definition) is 1. The van der Waals surface area contributed by atoms with Crippen LogP contribution in [-0.4, -0.2) is 19.8 Å². The van der Waals surface area contributed by atoms with Crippen molar-refractivity contribution in [1.29, 1.82) is 0 Å². The summed E-state index contributed by atoms with van der Waals surface area (Å²) in [5.74, 6) is -1.45. The molecule has 0 heterocycles. The van der Waals surface area contributed by atoms with Crippen molar-refractivity contribution in [1.82, 2.24) is 4.31 Å². The van der Waals surface area contributed by atoms with Crippen LogP contribution in [0.3, 0.4) is 0 Å². The molecule has 0 amide bonds. The van der Waals surface area contributed by atoms with Gasteiger partial charge in [0.1, 0.15) is 16.5 Å². The van der Waals surface area contributed by atoms with Gasteiger partial charge in [0.2, 0.25) is 10.0 Å². The minimum absolute atomic E-state index is 0.128. The molecule has 0 spiro atoms. The van der Waals surface area contributed by atoms with Crippen LogP contribution in [0.1, 0.15) is 5.56 Å². The SMILES string of the molecule is CN(Cc1ccccc1F)S(=O)(=O)c1ccc(N)cc1F. The molecule has 2 aromatic rings. The molecule has 2 aromatic carbocycles. The van der Waals surface area contributed by atoms with Crippen molar-refractivity contribution in [2.45, 2.75) is 11.4 Å². The van der Waals surface area contributed by atoms with E-state index in [1.165, 1.54) is 31.3 Å². The summed E-state index contributed by atoms with van der Waals surface area (Å²) in [7, 11) is -2.80. The largest absolute Gasteiger partial charge is 0.399 e. The van der Waals surface area contributed by atoms with Crippen LogP contribution in [0.15, 0.2) is 47.4 Å². The summed E-state index contributed by atoms with van der Waals surface area (Å²) in [6.45, 7) is -0.196. The van der Waals surface area contributed by atoms with Gasteiger partial charge < -0.3 is 5.73 Å². The standard InChI is InChI=1S/C14H14F2N2O2S/c1-18(9-10-4-2-3-5-12(10)15)21(19,20)14-7-6-11(17)8-13(14)16/h2-8H,9,17H2,1H3. The zero-order valence-corrected chi connectivity index (χ0v) is 12.1. The molecule has 0 saturated heterocycles. The molecule has 0 aliphatic heterocycles. The van der Waals surface area contributed by atoms with E-state index in [0.29, 0.717) is 0 Å². The van der Waals surface area contributed by atoms with Crippen molar-refractivity contribution < 1.29 is 17.2 Å². The van der Waals surface area contributed by atoms with Crippen LogP contribution in [0.2, 0.25) is 0 Å². The van der Waals surface area contributed by atoms with Gasteiger partial charge >= 0.3 is 0 Å². The summed E-state index contributed by atoms with van der Waals surface area (Å²) in [6, 6.07) is 9.14. The Morgan fingerprint density at radius 3 is 2.38 bits per heavy atom. The number of nitrogen functional groups attached to an aromatic ring is 1. The van der Waals surface area contributed by atoms with Crippen LogP contribution in [0, 0.1) is 11.6 Å². The maximum Gasteiger partial charge on any atom is 0.246 e. The Kier molecular flexibility index (Phi) is 4.24. The topological polar surface area (TPSA) is 63.4 Å². The van der Waals surface area contributed by atoms with Crippen molar-refractivity contribution in [2.75, 3.05) is 12.8 Å². The van der Waals surface area contributed by atoms with Crippen LogP contribution in [0.4, 0.5) is 14.5 Å². The fourth-order valence-corrected chi connectivity index (χ4v) is 3.04. The van der Waals surface area contributed by atoms with E-state index in [1.54, 1.807) is 6.07 Å². The van der Waals surface area contributed by atoms with Gasteiger partial charge in [-0.05, 0) is 24.3 Å². The number of hydrogen-bond acceptors (Lipinski definition) is 3. The van der Waals surface area contributed by atoms with Crippen molar-refractivity contribution in [3.8, 4) is 0 Å². The lowest BCUT2D eigenvalue weighted by molar-refractivity contribution is 0.451. The number of nitrogens with two attached hydrogens (primary N) is 1. The molecule has 7 heteroatoms. The van der Waals surface area contributed by atoms with Crippen molar-refractivity contribution in [3.05, 3.63) is 59.7 Å². The van der Waals surface area contributed by atoms with E-state index >= 15 is 0 Å². The maximum atomic E-state index is 13.8. The molecule has 0 saturated carbocycles. The average Bonchev–Trinajstić information content (AvgIpc) is 2.40. The predicted molar refractivity (Wildman–Crippen MR) is 75.9 cm³/mol. The zero-order chi connectivity index (χ0) is 15.6. The van der Waals surface area contributed by atoms with Gasteiger partial charge in [-0.1, -0.05) is 18.2 Å². The second kappa shape index (κ2) is 5.79. The number of anilines is 1. The molecule has 0 aliphatic carbocycles. The molecule has 0 unspecified atom stereocenters. The molecular weight excluding hydrogens is 298 g/mol. The molecule has 21 heavy (non-hydrogen) atoms. The van der Waals surface area contributed by atoms with E-state index in [9.17, 15) is 17.2 Å². The summed E-state index contributed by atoms with van der Waals surface area (Å²) in [5.41, 5.74) is 5.73. The van der Waals surface area contributed by atoms with E-state index in [1.807, 2.05) is 0 Å². The third kappa shape index (κ3) is 3.20. The lowest BCUT2D eigenvalue weighted by Crippen LogP contribution is -2.27. The molecule has 0 aromatic heterocycles. The first-order valence-electron chi connectivity index (χ1n) is 6.07. The van der Waals surface area contributed by atoms with E-state index in [2.05, 4.69) is 0 Å². The van der Waals surface area contributed by atoms with E-state index in [4.69, 9.17) is 5.73 Å². The molecule has 4 nitrogen and oxygen atoms in total. The molecule has 2 rings (SSSR count). The number of halogens is 2. The third-order valence-corrected chi connectivity index (χ3v) is 4.83. The first-order valence-corrected chi connectivity index (χ1v) is 7.51. The highest BCUT2D eigenvalue weighted by Gasteiger charge is 2.25. The average molecular weight is 312 g/mol. The third-order valence-electron chi connectivity index (χ3n) is 3.00. The van der Waals surface area contributed by atoms with E-state index < -0.39 is 26.6 Å². The monoisotopic (exact) mass is 312 g/mol. The quantitative estimate of drug-likeness (QED) is 0.882. The van der Waals surface area contributed by atoms with Gasteiger partial charge in [0.15, 0.2) is 0 Å². The Morgan fingerprint density at radius 1 is 1.10 bits per heavy atom. The molecule has 0 aliphatic rings. The number of rotatable bonds is 4. The highest BCUT2D eigenvalue weighted by molar-refractivity contribution is 7.89.